The van der Waals surface area contributed by atoms with E-state index in [-0.39, 0.29) is 6.10 Å². The lowest BCUT2D eigenvalue weighted by Crippen LogP contribution is -2.59. The Hall–Kier alpha value is -0.770. The van der Waals surface area contributed by atoms with Gasteiger partial charge in [-0.25, -0.2) is 0 Å². The summed E-state index contributed by atoms with van der Waals surface area (Å²) in [6.45, 7) is 14.2. The molecule has 0 aromatic rings. The van der Waals surface area contributed by atoms with Gasteiger partial charge in [-0.3, -0.25) is 0 Å². The zero-order valence-electron chi connectivity index (χ0n) is 22.4. The largest absolute Gasteiger partial charge is 0.396 e. The summed E-state index contributed by atoms with van der Waals surface area (Å²) in [5, 5.41) is 13.2. The predicted octanol–water partition coefficient (Wildman–Crippen LogP) is 7.55. The summed E-state index contributed by atoms with van der Waals surface area (Å²) >= 11 is 0. The van der Waals surface area contributed by atoms with E-state index in [1.54, 1.807) is 11.8 Å². The number of azide groups is 1. The third-order valence-corrected chi connectivity index (χ3v) is 11.2. The van der Waals surface area contributed by atoms with Crippen molar-refractivity contribution in [1.29, 1.82) is 0 Å². The Balaban J connectivity index is 1.61. The van der Waals surface area contributed by atoms with Crippen LogP contribution in [0.15, 0.2) is 5.11 Å². The molecule has 34 heavy (non-hydrogen) atoms. The Morgan fingerprint density at radius 2 is 1.94 bits per heavy atom. The van der Waals surface area contributed by atoms with Crippen LogP contribution in [0.3, 0.4) is 0 Å². The maximum Gasteiger partial charge on any atom is 0.0649 e. The van der Waals surface area contributed by atoms with Crippen molar-refractivity contribution >= 4 is 0 Å². The van der Waals surface area contributed by atoms with Crippen molar-refractivity contribution in [2.24, 2.45) is 51.5 Å². The molecule has 9 atom stereocenters. The lowest BCUT2D eigenvalue weighted by molar-refractivity contribution is -0.0924. The van der Waals surface area contributed by atoms with Gasteiger partial charge >= 0.3 is 0 Å². The minimum absolute atomic E-state index is 0.243. The van der Waals surface area contributed by atoms with Gasteiger partial charge in [-0.2, -0.15) is 0 Å². The van der Waals surface area contributed by atoms with Crippen LogP contribution in [0.1, 0.15) is 98.8 Å². The van der Waals surface area contributed by atoms with E-state index in [9.17, 15) is 5.11 Å². The highest BCUT2D eigenvalue weighted by molar-refractivity contribution is 5.31. The molecule has 0 bridgehead atoms. The van der Waals surface area contributed by atoms with Crippen LogP contribution in [-0.2, 0) is 4.74 Å². The lowest BCUT2D eigenvalue weighted by atomic mass is 9.41. The van der Waals surface area contributed by atoms with Crippen LogP contribution < -0.4 is 0 Å². The van der Waals surface area contributed by atoms with Gasteiger partial charge in [-0.15, -0.1) is 0 Å². The average molecular weight is 472 g/mol. The molecule has 4 fully saturated rings. The number of aliphatic hydroxyl groups is 1. The van der Waals surface area contributed by atoms with Crippen LogP contribution in [-0.4, -0.2) is 31.0 Å². The van der Waals surface area contributed by atoms with Crippen molar-refractivity contribution < 1.29 is 9.84 Å². The van der Waals surface area contributed by atoms with Crippen molar-refractivity contribution in [3.05, 3.63) is 22.3 Å². The third-order valence-electron chi connectivity index (χ3n) is 11.2. The van der Waals surface area contributed by atoms with Crippen LogP contribution in [0.25, 0.3) is 10.4 Å². The van der Waals surface area contributed by atoms with E-state index in [2.05, 4.69) is 44.6 Å². The number of rotatable bonds is 9. The first-order valence-corrected chi connectivity index (χ1v) is 14.2. The van der Waals surface area contributed by atoms with Gasteiger partial charge in [0.05, 0.1) is 6.10 Å². The molecular weight excluding hydrogens is 422 g/mol. The summed E-state index contributed by atoms with van der Waals surface area (Å²) in [4.78, 5) is 2.91. The number of hydrogen-bond donors (Lipinski definition) is 1. The summed E-state index contributed by atoms with van der Waals surface area (Å²) in [6.07, 6.45) is 12.1. The molecule has 2 radical (unpaired) electrons. The van der Waals surface area contributed by atoms with Crippen LogP contribution in [0, 0.1) is 58.2 Å². The molecule has 5 heteroatoms. The van der Waals surface area contributed by atoms with Crippen LogP contribution >= 0.6 is 0 Å². The molecular formula is C29H49N3O2. The van der Waals surface area contributed by atoms with E-state index in [4.69, 9.17) is 10.3 Å². The van der Waals surface area contributed by atoms with Gasteiger partial charge in [0.2, 0.25) is 0 Å². The standard InChI is InChI=1S/C29H49N3O2/c1-19-11-12-28(4)22(16-19)18-26(34-15-7-13-31-32-30)27-24-10-9-23(20(2)8-6-14-33)29(24,5)21(3)17-25(27)28/h19-21,23-26,33H,6-18H2,1-5H3. The molecule has 1 N–H and O–H groups in total. The summed E-state index contributed by atoms with van der Waals surface area (Å²) in [5.74, 6) is 7.78. The van der Waals surface area contributed by atoms with Crippen LogP contribution in [0.5, 0.6) is 0 Å². The Bertz CT molecular complexity index is 739. The molecule has 4 saturated carbocycles. The molecule has 0 heterocycles. The molecule has 5 nitrogen and oxygen atoms in total. The average Bonchev–Trinajstić information content (AvgIpc) is 3.17. The Labute approximate surface area is 208 Å². The van der Waals surface area contributed by atoms with Crippen molar-refractivity contribution in [3.63, 3.8) is 0 Å². The first kappa shape index (κ1) is 26.3. The van der Waals surface area contributed by atoms with E-state index < -0.39 is 0 Å². The topological polar surface area (TPSA) is 78.2 Å². The van der Waals surface area contributed by atoms with Crippen molar-refractivity contribution in [2.45, 2.75) is 105 Å². The Morgan fingerprint density at radius 3 is 2.68 bits per heavy atom. The minimum atomic E-state index is 0.243. The molecule has 4 aliphatic rings. The number of hydrogen-bond acceptors (Lipinski definition) is 3. The molecule has 192 valence electrons. The van der Waals surface area contributed by atoms with Gasteiger partial charge in [0, 0.05) is 30.6 Å². The van der Waals surface area contributed by atoms with Crippen LogP contribution in [0.4, 0.5) is 0 Å². The molecule has 0 spiro atoms. The van der Waals surface area contributed by atoms with Gasteiger partial charge in [-0.1, -0.05) is 46.2 Å². The van der Waals surface area contributed by atoms with E-state index in [1.165, 1.54) is 38.5 Å². The Kier molecular flexibility index (Phi) is 8.27. The van der Waals surface area contributed by atoms with E-state index in [0.29, 0.717) is 48.3 Å². The van der Waals surface area contributed by atoms with Crippen LogP contribution in [0.2, 0.25) is 0 Å². The SMILES string of the molecule is CC1CCC2(C)[C](C1)CC(OCCCN=[N+]=[N-])[C]1C2CC(C)C2(C)C1CCC2C(C)CCCO. The molecule has 0 amide bonds. The Morgan fingerprint density at radius 1 is 1.15 bits per heavy atom. The minimum Gasteiger partial charge on any atom is -0.396 e. The molecule has 0 aromatic heterocycles. The highest BCUT2D eigenvalue weighted by Gasteiger charge is 2.65. The predicted molar refractivity (Wildman–Crippen MR) is 138 cm³/mol. The summed E-state index contributed by atoms with van der Waals surface area (Å²) in [6, 6.07) is 0. The summed E-state index contributed by atoms with van der Waals surface area (Å²) in [7, 11) is 0. The normalized spacial score (nSPS) is 43.5. The number of ether oxygens (including phenoxy) is 1. The zero-order chi connectivity index (χ0) is 24.5. The van der Waals surface area contributed by atoms with Gasteiger partial charge in [0.15, 0.2) is 0 Å². The van der Waals surface area contributed by atoms with Crippen molar-refractivity contribution in [2.75, 3.05) is 19.8 Å². The first-order valence-electron chi connectivity index (χ1n) is 14.2. The fourth-order valence-electron chi connectivity index (χ4n) is 9.15. The molecule has 4 aliphatic carbocycles. The highest BCUT2D eigenvalue weighted by atomic mass is 16.5. The maximum atomic E-state index is 9.44. The molecule has 0 saturated heterocycles. The molecule has 0 aromatic carbocycles. The zero-order valence-corrected chi connectivity index (χ0v) is 22.4. The van der Waals surface area contributed by atoms with E-state index in [0.717, 1.165) is 43.4 Å². The monoisotopic (exact) mass is 471 g/mol. The maximum absolute atomic E-state index is 9.44. The quantitative estimate of drug-likeness (QED) is 0.163. The summed E-state index contributed by atoms with van der Waals surface area (Å²) in [5.41, 5.74) is 9.31. The second-order valence-corrected chi connectivity index (χ2v) is 12.9. The summed E-state index contributed by atoms with van der Waals surface area (Å²) < 4.78 is 6.70. The fourth-order valence-corrected chi connectivity index (χ4v) is 9.15. The first-order chi connectivity index (χ1) is 16.3. The smallest absolute Gasteiger partial charge is 0.0649 e. The molecule has 9 unspecified atom stereocenters. The second kappa shape index (κ2) is 10.7. The molecule has 4 rings (SSSR count). The van der Waals surface area contributed by atoms with Crippen molar-refractivity contribution in [3.8, 4) is 0 Å². The number of fused-ring (bicyclic) bond motifs is 5. The fraction of sp³-hybridized carbons (Fsp3) is 0.931. The number of nitrogens with zero attached hydrogens (tertiary/aromatic N) is 3. The second-order valence-electron chi connectivity index (χ2n) is 12.9. The lowest BCUT2D eigenvalue weighted by Gasteiger charge is -2.64. The molecule has 0 aliphatic heterocycles. The highest BCUT2D eigenvalue weighted by Crippen LogP contribution is 2.71. The third kappa shape index (κ3) is 4.55. The number of aliphatic hydroxyl groups excluding tert-OH is 1. The van der Waals surface area contributed by atoms with E-state index >= 15 is 0 Å². The van der Waals surface area contributed by atoms with Gasteiger partial charge < -0.3 is 9.84 Å². The van der Waals surface area contributed by atoms with Gasteiger partial charge in [-0.05, 0) is 116 Å². The van der Waals surface area contributed by atoms with E-state index in [1.807, 2.05) is 0 Å². The van der Waals surface area contributed by atoms with Crippen molar-refractivity contribution in [1.82, 2.24) is 0 Å². The van der Waals surface area contributed by atoms with Gasteiger partial charge in [0.1, 0.15) is 0 Å². The van der Waals surface area contributed by atoms with Gasteiger partial charge in [0.25, 0.3) is 0 Å².